The van der Waals surface area contributed by atoms with Crippen molar-refractivity contribution in [1.29, 1.82) is 0 Å². The van der Waals surface area contributed by atoms with Gasteiger partial charge in [-0.3, -0.25) is 14.4 Å². The van der Waals surface area contributed by atoms with Crippen molar-refractivity contribution in [2.24, 2.45) is 11.3 Å². The van der Waals surface area contributed by atoms with Crippen LogP contribution in [-0.4, -0.2) is 62.8 Å². The Bertz CT molecular complexity index is 999. The second-order valence-electron chi connectivity index (χ2n) is 16.7. The fourth-order valence-corrected chi connectivity index (χ4v) is 7.11. The second kappa shape index (κ2) is 36.9. The van der Waals surface area contributed by atoms with Crippen molar-refractivity contribution >= 4 is 17.9 Å². The Kier molecular flexibility index (Phi) is 35.1. The number of hydrogen-bond donors (Lipinski definition) is 0. The lowest BCUT2D eigenvalue weighted by atomic mass is 9.80. The summed E-state index contributed by atoms with van der Waals surface area (Å²) in [4.78, 5) is 37.0. The normalized spacial score (nSPS) is 13.0. The zero-order valence-corrected chi connectivity index (χ0v) is 36.8. The highest BCUT2D eigenvalue weighted by Gasteiger charge is 2.27. The van der Waals surface area contributed by atoms with Crippen molar-refractivity contribution in [3.8, 4) is 0 Å². The van der Waals surface area contributed by atoms with E-state index in [9.17, 15) is 14.4 Å². The molecule has 0 saturated heterocycles. The van der Waals surface area contributed by atoms with Gasteiger partial charge in [0.25, 0.3) is 0 Å². The molecule has 0 heterocycles. The third-order valence-corrected chi connectivity index (χ3v) is 9.64. The minimum absolute atomic E-state index is 0.0160. The molecule has 7 nitrogen and oxygen atoms in total. The maximum Gasteiger partial charge on any atom is 0.306 e. The van der Waals surface area contributed by atoms with Gasteiger partial charge in [0, 0.05) is 20.4 Å². The SMILES string of the molecule is CC(=O)OCCC/C=C\C/C=C\CCCCCCCCC(CCCCCCCC/C=C\C/C=C\CCCOC(C)=O)OC(=O)CC(C)(C)CC(C)CN(C)C. The van der Waals surface area contributed by atoms with Crippen LogP contribution < -0.4 is 0 Å². The second-order valence-corrected chi connectivity index (χ2v) is 16.7. The van der Waals surface area contributed by atoms with Crippen LogP contribution >= 0.6 is 0 Å². The van der Waals surface area contributed by atoms with E-state index < -0.39 is 0 Å². The molecule has 0 radical (unpaired) electrons. The number of esters is 3. The van der Waals surface area contributed by atoms with Crippen molar-refractivity contribution in [2.75, 3.05) is 33.9 Å². The molecule has 0 fully saturated rings. The Labute approximate surface area is 339 Å². The summed E-state index contributed by atoms with van der Waals surface area (Å²) < 4.78 is 16.1. The average molecular weight is 772 g/mol. The summed E-state index contributed by atoms with van der Waals surface area (Å²) in [6.45, 7) is 11.6. The smallest absolute Gasteiger partial charge is 0.306 e. The fraction of sp³-hybridized carbons (Fsp3) is 0.771. The van der Waals surface area contributed by atoms with E-state index in [4.69, 9.17) is 14.2 Å². The fourth-order valence-electron chi connectivity index (χ4n) is 7.11. The van der Waals surface area contributed by atoms with Crippen LogP contribution in [0.5, 0.6) is 0 Å². The molecule has 0 N–H and O–H groups in total. The minimum atomic E-state index is -0.206. The minimum Gasteiger partial charge on any atom is -0.466 e. The van der Waals surface area contributed by atoms with Gasteiger partial charge < -0.3 is 19.1 Å². The zero-order valence-electron chi connectivity index (χ0n) is 36.8. The molecular weight excluding hydrogens is 687 g/mol. The van der Waals surface area contributed by atoms with Crippen molar-refractivity contribution in [2.45, 2.75) is 195 Å². The number of ether oxygens (including phenoxy) is 3. The average Bonchev–Trinajstić information content (AvgIpc) is 3.09. The van der Waals surface area contributed by atoms with E-state index in [1.54, 1.807) is 0 Å². The van der Waals surface area contributed by atoms with Gasteiger partial charge >= 0.3 is 17.9 Å². The van der Waals surface area contributed by atoms with Crippen LogP contribution in [0.3, 0.4) is 0 Å². The van der Waals surface area contributed by atoms with Gasteiger partial charge in [-0.15, -0.1) is 0 Å². The summed E-state index contributed by atoms with van der Waals surface area (Å²) in [5.41, 5.74) is -0.0600. The molecular formula is C48H85NO6. The largest absolute Gasteiger partial charge is 0.466 e. The molecule has 0 aliphatic rings. The molecule has 55 heavy (non-hydrogen) atoms. The Morgan fingerprint density at radius 3 is 1.35 bits per heavy atom. The van der Waals surface area contributed by atoms with Crippen molar-refractivity contribution in [3.63, 3.8) is 0 Å². The van der Waals surface area contributed by atoms with Crippen LogP contribution in [0.1, 0.15) is 189 Å². The Balaban J connectivity index is 4.37. The summed E-state index contributed by atoms with van der Waals surface area (Å²) in [5, 5.41) is 0. The molecule has 0 spiro atoms. The standard InChI is InChI=1S/C48H85NO6/c1-43(42-49(6)7)40-48(4,5)41-47(52)55-46(36-32-28-24-20-16-12-8-10-14-18-22-26-30-34-38-53-44(2)50)37-33-29-25-21-17-13-9-11-15-19-23-27-31-35-39-54-45(3)51/h10-11,14-15,22-23,26-27,43,46H,8-9,12-13,16-21,24-25,28-42H2,1-7H3/b14-10-,15-11-,26-22-,27-23-. The van der Waals surface area contributed by atoms with E-state index in [0.717, 1.165) is 90.0 Å². The molecule has 0 bridgehead atoms. The number of carbonyl (C=O) groups excluding carboxylic acids is 3. The van der Waals surface area contributed by atoms with Gasteiger partial charge in [-0.1, -0.05) is 121 Å². The molecule has 0 aromatic carbocycles. The Morgan fingerprint density at radius 1 is 0.564 bits per heavy atom. The maximum absolute atomic E-state index is 13.2. The number of hydrogen-bond acceptors (Lipinski definition) is 7. The highest BCUT2D eigenvalue weighted by atomic mass is 16.5. The molecule has 7 heteroatoms. The first-order chi connectivity index (χ1) is 26.4. The molecule has 0 saturated carbocycles. The van der Waals surface area contributed by atoms with E-state index in [0.29, 0.717) is 25.6 Å². The Hall–Kier alpha value is -2.67. The quantitative estimate of drug-likeness (QED) is 0.0269. The predicted octanol–water partition coefficient (Wildman–Crippen LogP) is 12.8. The van der Waals surface area contributed by atoms with Crippen LogP contribution in [0.4, 0.5) is 0 Å². The van der Waals surface area contributed by atoms with Gasteiger partial charge in [0.15, 0.2) is 0 Å². The number of nitrogens with zero attached hydrogens (tertiary/aromatic N) is 1. The van der Waals surface area contributed by atoms with Crippen LogP contribution in [-0.2, 0) is 28.6 Å². The summed E-state index contributed by atoms with van der Waals surface area (Å²) in [5.74, 6) is 0.112. The number of unbranched alkanes of at least 4 members (excludes halogenated alkanes) is 14. The van der Waals surface area contributed by atoms with Crippen LogP contribution in [0, 0.1) is 11.3 Å². The molecule has 0 amide bonds. The number of rotatable bonds is 37. The van der Waals surface area contributed by atoms with Crippen molar-refractivity contribution in [1.82, 2.24) is 4.90 Å². The van der Waals surface area contributed by atoms with E-state index in [1.165, 1.54) is 78.1 Å². The summed E-state index contributed by atoms with van der Waals surface area (Å²) in [6, 6.07) is 0. The molecule has 0 aromatic heterocycles. The summed E-state index contributed by atoms with van der Waals surface area (Å²) >= 11 is 0. The van der Waals surface area contributed by atoms with E-state index >= 15 is 0 Å². The first kappa shape index (κ1) is 52.3. The van der Waals surface area contributed by atoms with Gasteiger partial charge in [-0.2, -0.15) is 0 Å². The lowest BCUT2D eigenvalue weighted by Gasteiger charge is -2.29. The summed E-state index contributed by atoms with van der Waals surface area (Å²) in [7, 11) is 4.23. The molecule has 0 rings (SSSR count). The van der Waals surface area contributed by atoms with E-state index in [-0.39, 0.29) is 29.4 Å². The molecule has 1 unspecified atom stereocenters. The number of allylic oxidation sites excluding steroid dienone is 8. The lowest BCUT2D eigenvalue weighted by molar-refractivity contribution is -0.152. The molecule has 0 aromatic rings. The van der Waals surface area contributed by atoms with Gasteiger partial charge in [-0.25, -0.2) is 0 Å². The maximum atomic E-state index is 13.2. The molecule has 318 valence electrons. The summed E-state index contributed by atoms with van der Waals surface area (Å²) in [6.07, 6.45) is 43.9. The van der Waals surface area contributed by atoms with Gasteiger partial charge in [0.1, 0.15) is 6.10 Å². The molecule has 1 atom stereocenters. The van der Waals surface area contributed by atoms with Gasteiger partial charge in [-0.05, 0) is 122 Å². The topological polar surface area (TPSA) is 82.1 Å². The van der Waals surface area contributed by atoms with E-state index in [1.807, 2.05) is 0 Å². The zero-order chi connectivity index (χ0) is 40.8. The Morgan fingerprint density at radius 2 is 0.945 bits per heavy atom. The molecule has 0 aliphatic carbocycles. The first-order valence-electron chi connectivity index (χ1n) is 22.1. The van der Waals surface area contributed by atoms with Crippen molar-refractivity contribution < 1.29 is 28.6 Å². The predicted molar refractivity (Wildman–Crippen MR) is 232 cm³/mol. The van der Waals surface area contributed by atoms with Crippen LogP contribution in [0.25, 0.3) is 0 Å². The van der Waals surface area contributed by atoms with Crippen LogP contribution in [0.15, 0.2) is 48.6 Å². The lowest BCUT2D eigenvalue weighted by Crippen LogP contribution is -2.28. The van der Waals surface area contributed by atoms with Gasteiger partial charge in [0.2, 0.25) is 0 Å². The number of carbonyl (C=O) groups is 3. The third kappa shape index (κ3) is 40.8. The molecule has 0 aliphatic heterocycles. The highest BCUT2D eigenvalue weighted by molar-refractivity contribution is 5.70. The monoisotopic (exact) mass is 772 g/mol. The highest BCUT2D eigenvalue weighted by Crippen LogP contribution is 2.31. The van der Waals surface area contributed by atoms with Gasteiger partial charge in [0.05, 0.1) is 19.6 Å². The van der Waals surface area contributed by atoms with Crippen LogP contribution in [0.2, 0.25) is 0 Å². The van der Waals surface area contributed by atoms with E-state index in [2.05, 4.69) is 88.4 Å². The first-order valence-corrected chi connectivity index (χ1v) is 22.1. The third-order valence-electron chi connectivity index (χ3n) is 9.64. The van der Waals surface area contributed by atoms with Crippen molar-refractivity contribution in [3.05, 3.63) is 48.6 Å².